The smallest absolute Gasteiger partial charge is 0.306 e. The molecule has 2 unspecified atom stereocenters. The lowest BCUT2D eigenvalue weighted by molar-refractivity contribution is -0.870. The minimum absolute atomic E-state index is 0.142. The highest BCUT2D eigenvalue weighted by molar-refractivity contribution is 5.70. The highest BCUT2D eigenvalue weighted by Gasteiger charge is 2.22. The number of esters is 2. The van der Waals surface area contributed by atoms with Crippen LogP contribution in [0.2, 0.25) is 0 Å². The molecule has 432 valence electrons. The van der Waals surface area contributed by atoms with Crippen LogP contribution in [0.15, 0.2) is 122 Å². The molecule has 0 aliphatic carbocycles. The molecule has 0 aromatic carbocycles. The Hall–Kier alpha value is -4.31. The number of carboxylic acid groups (broad SMARTS) is 1. The summed E-state index contributed by atoms with van der Waals surface area (Å²) in [6.45, 7) is 4.54. The third-order valence-corrected chi connectivity index (χ3v) is 12.4. The maximum absolute atomic E-state index is 12.8. The Labute approximate surface area is 466 Å². The first-order valence-corrected chi connectivity index (χ1v) is 30.2. The lowest BCUT2D eigenvalue weighted by Crippen LogP contribution is -2.44. The number of nitrogens with zero attached hydrogens (tertiary/aromatic N) is 1. The van der Waals surface area contributed by atoms with Gasteiger partial charge in [-0.25, -0.2) is 0 Å². The molecule has 0 saturated carbocycles. The van der Waals surface area contributed by atoms with Crippen LogP contribution in [-0.2, 0) is 33.3 Å². The average molecular weight is 1060 g/mol. The number of carbonyl (C=O) groups is 3. The van der Waals surface area contributed by atoms with E-state index < -0.39 is 24.3 Å². The molecule has 2 atom stereocenters. The number of likely N-dealkylation sites (N-methyl/N-ethyl adjacent to an activating group) is 1. The molecule has 0 aliphatic rings. The van der Waals surface area contributed by atoms with Gasteiger partial charge in [0.25, 0.3) is 0 Å². The van der Waals surface area contributed by atoms with Gasteiger partial charge in [-0.1, -0.05) is 232 Å². The minimum Gasteiger partial charge on any atom is -0.545 e. The van der Waals surface area contributed by atoms with Gasteiger partial charge in [0, 0.05) is 12.8 Å². The lowest BCUT2D eigenvalue weighted by atomic mass is 10.0. The van der Waals surface area contributed by atoms with Crippen molar-refractivity contribution in [2.75, 3.05) is 47.5 Å². The second kappa shape index (κ2) is 56.9. The molecule has 0 fully saturated rings. The van der Waals surface area contributed by atoms with Crippen LogP contribution in [0.3, 0.4) is 0 Å². The molecule has 0 radical (unpaired) electrons. The van der Waals surface area contributed by atoms with Crippen molar-refractivity contribution in [3.63, 3.8) is 0 Å². The monoisotopic (exact) mass is 1060 g/mol. The number of rotatable bonds is 54. The summed E-state index contributed by atoms with van der Waals surface area (Å²) in [6.07, 6.45) is 77.1. The van der Waals surface area contributed by atoms with Crippen molar-refractivity contribution in [2.24, 2.45) is 0 Å². The van der Waals surface area contributed by atoms with E-state index in [1.54, 1.807) is 0 Å². The lowest BCUT2D eigenvalue weighted by Gasteiger charge is -2.26. The van der Waals surface area contributed by atoms with Crippen molar-refractivity contribution >= 4 is 17.9 Å². The van der Waals surface area contributed by atoms with Crippen molar-refractivity contribution in [1.82, 2.24) is 0 Å². The molecule has 0 N–H and O–H groups in total. The quantitative estimate of drug-likeness (QED) is 0.0195. The molecule has 9 heteroatoms. The van der Waals surface area contributed by atoms with E-state index in [4.69, 9.17) is 18.9 Å². The fourth-order valence-electron chi connectivity index (χ4n) is 7.82. The summed E-state index contributed by atoms with van der Waals surface area (Å²) in [6, 6.07) is 0. The van der Waals surface area contributed by atoms with Crippen molar-refractivity contribution in [2.45, 2.75) is 238 Å². The molecule has 0 aromatic heterocycles. The van der Waals surface area contributed by atoms with Crippen molar-refractivity contribution in [1.29, 1.82) is 0 Å². The molecule has 0 rings (SSSR count). The number of hydrogen-bond donors (Lipinski definition) is 0. The predicted octanol–water partition coefficient (Wildman–Crippen LogP) is 16.7. The van der Waals surface area contributed by atoms with Gasteiger partial charge in [0.05, 0.1) is 40.3 Å². The standard InChI is InChI=1S/C67H111NO8/c1-6-8-10-12-14-16-18-19-20-21-22-23-24-25-26-27-28-29-30-31-32-33-34-35-36-37-38-39-40-41-42-43-44-45-46-47-48-50-52-54-56-58-65(70)76-63(62-75-67(66(71)72)73-60-59-68(3,4)5)61-74-64(69)57-55-53-51-49-17-15-13-11-9-7-2/h8,10-11,13-14,16,19-20,22-23,25-26,28-29,31-32,34-35,37-38,63,67H,6-7,9,12,15,17-18,21,24,27,30,33,36,39-62H2,1-5H3/b10-8-,13-11-,16-14-,20-19-,23-22-,26-25-,29-28-,32-31-,35-34-,38-37-. The maximum atomic E-state index is 12.8. The third-order valence-electron chi connectivity index (χ3n) is 12.4. The second-order valence-electron chi connectivity index (χ2n) is 20.9. The molecule has 0 heterocycles. The van der Waals surface area contributed by atoms with Gasteiger partial charge in [-0.3, -0.25) is 9.59 Å². The number of carboxylic acids is 1. The van der Waals surface area contributed by atoms with Crippen LogP contribution in [0, 0.1) is 0 Å². The molecule has 0 saturated heterocycles. The Morgan fingerprint density at radius 2 is 0.750 bits per heavy atom. The summed E-state index contributed by atoms with van der Waals surface area (Å²) in [5.74, 6) is -2.31. The predicted molar refractivity (Wildman–Crippen MR) is 320 cm³/mol. The first kappa shape index (κ1) is 71.7. The van der Waals surface area contributed by atoms with Crippen molar-refractivity contribution in [3.8, 4) is 0 Å². The summed E-state index contributed by atoms with van der Waals surface area (Å²) in [4.78, 5) is 37.1. The van der Waals surface area contributed by atoms with Crippen LogP contribution >= 0.6 is 0 Å². The van der Waals surface area contributed by atoms with Gasteiger partial charge in [0.2, 0.25) is 0 Å². The molecule has 0 spiro atoms. The number of unbranched alkanes of at least 4 members (excludes halogenated alkanes) is 19. The van der Waals surface area contributed by atoms with E-state index in [0.717, 1.165) is 122 Å². The third kappa shape index (κ3) is 57.4. The number of quaternary nitrogens is 1. The van der Waals surface area contributed by atoms with E-state index in [1.807, 2.05) is 21.1 Å². The van der Waals surface area contributed by atoms with E-state index in [0.29, 0.717) is 17.4 Å². The molecule has 76 heavy (non-hydrogen) atoms. The molecule has 0 bridgehead atoms. The number of allylic oxidation sites excluding steroid dienone is 20. The van der Waals surface area contributed by atoms with Crippen LogP contribution in [0.4, 0.5) is 0 Å². The maximum Gasteiger partial charge on any atom is 0.306 e. The van der Waals surface area contributed by atoms with Gasteiger partial charge in [0.15, 0.2) is 12.4 Å². The fourth-order valence-corrected chi connectivity index (χ4v) is 7.82. The highest BCUT2D eigenvalue weighted by Crippen LogP contribution is 2.15. The SMILES string of the molecule is CC/C=C\C/C=C\C/C=C\C/C=C\C/C=C\C/C=C\C/C=C\C/C=C\C/C=C\CCCCCCCCCCCCCCCC(=O)OC(COC(=O)CCCCCCC/C=C\CCC)COC(OCC[N+](C)(C)C)C(=O)[O-]. The van der Waals surface area contributed by atoms with Gasteiger partial charge < -0.3 is 33.3 Å². The fraction of sp³-hybridized carbons (Fsp3) is 0.657. The Kier molecular flexibility index (Phi) is 53.7. The largest absolute Gasteiger partial charge is 0.545 e. The van der Waals surface area contributed by atoms with Gasteiger partial charge in [-0.15, -0.1) is 0 Å². The Morgan fingerprint density at radius 3 is 1.13 bits per heavy atom. The molecule has 9 nitrogen and oxygen atoms in total. The second-order valence-corrected chi connectivity index (χ2v) is 20.9. The van der Waals surface area contributed by atoms with Gasteiger partial charge >= 0.3 is 11.9 Å². The number of ether oxygens (including phenoxy) is 4. The van der Waals surface area contributed by atoms with Gasteiger partial charge in [-0.05, 0) is 103 Å². The molecule has 0 aliphatic heterocycles. The Balaban J connectivity index is 4.03. The Bertz CT molecular complexity index is 1660. The van der Waals surface area contributed by atoms with E-state index in [-0.39, 0.29) is 38.6 Å². The van der Waals surface area contributed by atoms with Gasteiger partial charge in [0.1, 0.15) is 13.2 Å². The highest BCUT2D eigenvalue weighted by atomic mass is 16.7. The normalized spacial score (nSPS) is 13.6. The van der Waals surface area contributed by atoms with E-state index in [9.17, 15) is 19.5 Å². The summed E-state index contributed by atoms with van der Waals surface area (Å²) in [5.41, 5.74) is 0. The molecule has 0 amide bonds. The summed E-state index contributed by atoms with van der Waals surface area (Å²) in [5, 5.41) is 11.7. The topological polar surface area (TPSA) is 111 Å². The number of aliphatic carboxylic acids is 1. The zero-order valence-corrected chi connectivity index (χ0v) is 49.1. The first-order valence-electron chi connectivity index (χ1n) is 30.2. The van der Waals surface area contributed by atoms with Crippen LogP contribution < -0.4 is 5.11 Å². The van der Waals surface area contributed by atoms with Crippen molar-refractivity contribution in [3.05, 3.63) is 122 Å². The summed E-state index contributed by atoms with van der Waals surface area (Å²) >= 11 is 0. The number of carbonyl (C=O) groups excluding carboxylic acids is 3. The molecule has 0 aromatic rings. The minimum atomic E-state index is -1.63. The van der Waals surface area contributed by atoms with E-state index >= 15 is 0 Å². The van der Waals surface area contributed by atoms with Crippen LogP contribution in [0.5, 0.6) is 0 Å². The Morgan fingerprint density at radius 1 is 0.408 bits per heavy atom. The first-order chi connectivity index (χ1) is 37.1. The molecular formula is C67H111NO8. The van der Waals surface area contributed by atoms with E-state index in [2.05, 4.69) is 135 Å². The van der Waals surface area contributed by atoms with Crippen LogP contribution in [-0.4, -0.2) is 82.3 Å². The summed E-state index contributed by atoms with van der Waals surface area (Å²) in [7, 11) is 5.91. The van der Waals surface area contributed by atoms with Crippen LogP contribution in [0.25, 0.3) is 0 Å². The summed E-state index contributed by atoms with van der Waals surface area (Å²) < 4.78 is 22.6. The van der Waals surface area contributed by atoms with Crippen molar-refractivity contribution < 1.29 is 42.9 Å². The van der Waals surface area contributed by atoms with E-state index in [1.165, 1.54) is 70.6 Å². The number of hydrogen-bond acceptors (Lipinski definition) is 8. The van der Waals surface area contributed by atoms with Gasteiger partial charge in [-0.2, -0.15) is 0 Å². The zero-order chi connectivity index (χ0) is 55.5. The average Bonchev–Trinajstić information content (AvgIpc) is 3.39. The zero-order valence-electron chi connectivity index (χ0n) is 49.1. The van der Waals surface area contributed by atoms with Crippen LogP contribution in [0.1, 0.15) is 226 Å². The molecular weight excluding hydrogens is 947 g/mol.